The van der Waals surface area contributed by atoms with Crippen LogP contribution in [0.5, 0.6) is 5.88 Å². The van der Waals surface area contributed by atoms with Gasteiger partial charge in [-0.25, -0.2) is 4.98 Å². The quantitative estimate of drug-likeness (QED) is 0.892. The molecule has 3 rings (SSSR count). The van der Waals surface area contributed by atoms with Gasteiger partial charge < -0.3 is 15.4 Å². The summed E-state index contributed by atoms with van der Waals surface area (Å²) in [6.07, 6.45) is 5.98. The van der Waals surface area contributed by atoms with Crippen LogP contribution in [-0.4, -0.2) is 41.1 Å². The van der Waals surface area contributed by atoms with Gasteiger partial charge >= 0.3 is 0 Å². The second-order valence-corrected chi connectivity index (χ2v) is 6.09. The van der Waals surface area contributed by atoms with E-state index in [2.05, 4.69) is 21.9 Å². The molecule has 5 heteroatoms. The van der Waals surface area contributed by atoms with Crippen molar-refractivity contribution in [2.45, 2.75) is 51.0 Å². The molecule has 1 aromatic rings. The van der Waals surface area contributed by atoms with E-state index < -0.39 is 0 Å². The first-order valence-electron chi connectivity index (χ1n) is 7.62. The molecule has 2 fully saturated rings. The number of ether oxygens (including phenoxy) is 1. The van der Waals surface area contributed by atoms with Gasteiger partial charge in [0.05, 0.1) is 12.2 Å². The summed E-state index contributed by atoms with van der Waals surface area (Å²) >= 11 is 0. The lowest BCUT2D eigenvalue weighted by atomic mass is 10.1. The Morgan fingerprint density at radius 2 is 2.10 bits per heavy atom. The summed E-state index contributed by atoms with van der Waals surface area (Å²) in [7, 11) is 2.19. The Morgan fingerprint density at radius 3 is 2.75 bits per heavy atom. The molecular formula is C15H24N4O. The van der Waals surface area contributed by atoms with Crippen molar-refractivity contribution in [1.82, 2.24) is 14.9 Å². The first-order chi connectivity index (χ1) is 9.65. The van der Waals surface area contributed by atoms with Crippen LogP contribution >= 0.6 is 0 Å². The number of nitrogens with two attached hydrogens (primary N) is 1. The molecule has 2 heterocycles. The van der Waals surface area contributed by atoms with Gasteiger partial charge in [0, 0.05) is 12.0 Å². The van der Waals surface area contributed by atoms with Crippen molar-refractivity contribution in [2.24, 2.45) is 0 Å². The molecular weight excluding hydrogens is 252 g/mol. The summed E-state index contributed by atoms with van der Waals surface area (Å²) in [5.74, 6) is 2.61. The van der Waals surface area contributed by atoms with Crippen LogP contribution in [0.15, 0.2) is 0 Å². The van der Waals surface area contributed by atoms with E-state index in [0.717, 1.165) is 17.8 Å². The normalized spacial score (nSPS) is 23.2. The number of rotatable bonds is 5. The van der Waals surface area contributed by atoms with Gasteiger partial charge in [0.1, 0.15) is 11.6 Å². The van der Waals surface area contributed by atoms with E-state index in [9.17, 15) is 0 Å². The molecule has 1 aliphatic heterocycles. The Bertz CT molecular complexity index is 487. The van der Waals surface area contributed by atoms with E-state index in [1.54, 1.807) is 0 Å². The monoisotopic (exact) mass is 276 g/mol. The number of aromatic nitrogens is 2. The van der Waals surface area contributed by atoms with Crippen LogP contribution in [0.3, 0.4) is 0 Å². The highest BCUT2D eigenvalue weighted by atomic mass is 16.5. The van der Waals surface area contributed by atoms with Gasteiger partial charge in [0.15, 0.2) is 0 Å². The highest BCUT2D eigenvalue weighted by Gasteiger charge is 2.28. The minimum Gasteiger partial charge on any atom is -0.477 e. The fraction of sp³-hybridized carbons (Fsp3) is 0.733. The van der Waals surface area contributed by atoms with Gasteiger partial charge in [0.2, 0.25) is 5.88 Å². The van der Waals surface area contributed by atoms with Crippen LogP contribution in [0.1, 0.15) is 49.4 Å². The molecule has 1 saturated carbocycles. The largest absolute Gasteiger partial charge is 0.477 e. The van der Waals surface area contributed by atoms with Crippen LogP contribution in [0.2, 0.25) is 0 Å². The third kappa shape index (κ3) is 2.87. The third-order valence-electron chi connectivity index (χ3n) is 4.46. The van der Waals surface area contributed by atoms with Gasteiger partial charge in [-0.3, -0.25) is 0 Å². The average molecular weight is 276 g/mol. The lowest BCUT2D eigenvalue weighted by molar-refractivity contribution is 0.227. The average Bonchev–Trinajstić information content (AvgIpc) is 3.19. The Labute approximate surface area is 120 Å². The number of nitrogen functional groups attached to an aromatic ring is 1. The van der Waals surface area contributed by atoms with Crippen LogP contribution < -0.4 is 10.5 Å². The Balaban J connectivity index is 1.61. The molecule has 5 nitrogen and oxygen atoms in total. The highest BCUT2D eigenvalue weighted by molar-refractivity contribution is 5.45. The zero-order valence-corrected chi connectivity index (χ0v) is 12.4. The zero-order valence-electron chi connectivity index (χ0n) is 12.4. The first kappa shape index (κ1) is 13.6. The van der Waals surface area contributed by atoms with Crippen molar-refractivity contribution in [1.29, 1.82) is 0 Å². The molecule has 0 spiro atoms. The van der Waals surface area contributed by atoms with Crippen LogP contribution in [-0.2, 0) is 0 Å². The van der Waals surface area contributed by atoms with Crippen molar-refractivity contribution in [3.63, 3.8) is 0 Å². The van der Waals surface area contributed by atoms with E-state index in [0.29, 0.717) is 30.3 Å². The topological polar surface area (TPSA) is 64.3 Å². The SMILES string of the molecule is Cc1c(N)nc(C2CC2)nc1OCCC1CCCN1C. The summed E-state index contributed by atoms with van der Waals surface area (Å²) in [6, 6.07) is 0.650. The predicted octanol–water partition coefficient (Wildman–Crippen LogP) is 2.11. The van der Waals surface area contributed by atoms with Crippen molar-refractivity contribution >= 4 is 5.82 Å². The first-order valence-corrected chi connectivity index (χ1v) is 7.62. The van der Waals surface area contributed by atoms with Crippen molar-refractivity contribution in [2.75, 3.05) is 25.9 Å². The molecule has 1 saturated heterocycles. The smallest absolute Gasteiger partial charge is 0.221 e. The maximum Gasteiger partial charge on any atom is 0.221 e. The number of nitrogens with zero attached hydrogens (tertiary/aromatic N) is 3. The molecule has 1 aliphatic carbocycles. The van der Waals surface area contributed by atoms with E-state index in [1.807, 2.05) is 6.92 Å². The van der Waals surface area contributed by atoms with Gasteiger partial charge in [-0.15, -0.1) is 0 Å². The number of hydrogen-bond donors (Lipinski definition) is 1. The molecule has 1 unspecified atom stereocenters. The van der Waals surface area contributed by atoms with Crippen molar-refractivity contribution < 1.29 is 4.74 Å². The molecule has 0 amide bonds. The summed E-state index contributed by atoms with van der Waals surface area (Å²) in [6.45, 7) is 3.84. The van der Waals surface area contributed by atoms with Crippen molar-refractivity contribution in [3.8, 4) is 5.88 Å². The third-order valence-corrected chi connectivity index (χ3v) is 4.46. The van der Waals surface area contributed by atoms with Crippen LogP contribution in [0.25, 0.3) is 0 Å². The molecule has 1 aromatic heterocycles. The maximum atomic E-state index is 5.96. The van der Waals surface area contributed by atoms with Crippen molar-refractivity contribution in [3.05, 3.63) is 11.4 Å². The molecule has 0 radical (unpaired) electrons. The summed E-state index contributed by atoms with van der Waals surface area (Å²) < 4.78 is 5.89. The summed E-state index contributed by atoms with van der Waals surface area (Å²) in [5.41, 5.74) is 6.83. The van der Waals surface area contributed by atoms with E-state index >= 15 is 0 Å². The molecule has 2 N–H and O–H groups in total. The number of hydrogen-bond acceptors (Lipinski definition) is 5. The zero-order chi connectivity index (χ0) is 14.1. The molecule has 0 aromatic carbocycles. The summed E-state index contributed by atoms with van der Waals surface area (Å²) in [4.78, 5) is 11.3. The second kappa shape index (κ2) is 5.56. The van der Waals surface area contributed by atoms with Gasteiger partial charge in [-0.05, 0) is 52.6 Å². The lowest BCUT2D eigenvalue weighted by Crippen LogP contribution is -2.26. The van der Waals surface area contributed by atoms with E-state index in [4.69, 9.17) is 10.5 Å². The maximum absolute atomic E-state index is 5.96. The van der Waals surface area contributed by atoms with Crippen LogP contribution in [0, 0.1) is 6.92 Å². The molecule has 0 bridgehead atoms. The molecule has 1 atom stereocenters. The standard InChI is InChI=1S/C15H24N4O/c1-10-13(16)17-14(11-5-6-11)18-15(10)20-9-7-12-4-3-8-19(12)2/h11-12H,3-9H2,1-2H3,(H2,16,17,18). The minimum absolute atomic E-state index is 0.501. The van der Waals surface area contributed by atoms with Gasteiger partial charge in [-0.1, -0.05) is 0 Å². The number of anilines is 1. The van der Waals surface area contributed by atoms with E-state index in [-0.39, 0.29) is 0 Å². The second-order valence-electron chi connectivity index (χ2n) is 6.09. The summed E-state index contributed by atoms with van der Waals surface area (Å²) in [5, 5.41) is 0. The Hall–Kier alpha value is -1.36. The number of likely N-dealkylation sites (tertiary alicyclic amines) is 1. The van der Waals surface area contributed by atoms with Crippen LogP contribution in [0.4, 0.5) is 5.82 Å². The Morgan fingerprint density at radius 1 is 1.30 bits per heavy atom. The predicted molar refractivity (Wildman–Crippen MR) is 78.9 cm³/mol. The fourth-order valence-electron chi connectivity index (χ4n) is 2.83. The van der Waals surface area contributed by atoms with Gasteiger partial charge in [0.25, 0.3) is 0 Å². The lowest BCUT2D eigenvalue weighted by Gasteiger charge is -2.19. The molecule has 20 heavy (non-hydrogen) atoms. The molecule has 110 valence electrons. The van der Waals surface area contributed by atoms with E-state index in [1.165, 1.54) is 32.2 Å². The Kier molecular flexibility index (Phi) is 3.78. The molecule has 2 aliphatic rings. The highest BCUT2D eigenvalue weighted by Crippen LogP contribution is 2.39. The van der Waals surface area contributed by atoms with Gasteiger partial charge in [-0.2, -0.15) is 4.98 Å². The minimum atomic E-state index is 0.501. The fourth-order valence-corrected chi connectivity index (χ4v) is 2.83.